The van der Waals surface area contributed by atoms with Crippen molar-refractivity contribution in [2.45, 2.75) is 30.0 Å². The summed E-state index contributed by atoms with van der Waals surface area (Å²) in [4.78, 5) is 16.1. The van der Waals surface area contributed by atoms with E-state index in [2.05, 4.69) is 16.8 Å². The van der Waals surface area contributed by atoms with Gasteiger partial charge in [-0.25, -0.2) is 15.0 Å². The summed E-state index contributed by atoms with van der Waals surface area (Å²) in [7, 11) is -1.25. The van der Waals surface area contributed by atoms with Crippen LogP contribution >= 0.6 is 11.3 Å². The number of nitrogens with zero attached hydrogens (tertiary/aromatic N) is 4. The Morgan fingerprint density at radius 1 is 1.28 bits per heavy atom. The average Bonchev–Trinajstić information content (AvgIpc) is 3.15. The highest BCUT2D eigenvalue weighted by molar-refractivity contribution is 7.86. The first kappa shape index (κ1) is 19.9. The molecular weight excluding hydrogens is 406 g/mol. The maximum absolute atomic E-state index is 12.8. The van der Waals surface area contributed by atoms with Gasteiger partial charge in [0.2, 0.25) is 0 Å². The number of hydrogen-bond donors (Lipinski definition) is 1. The van der Waals surface area contributed by atoms with Gasteiger partial charge in [0.1, 0.15) is 5.82 Å². The summed E-state index contributed by atoms with van der Waals surface area (Å²) in [5.41, 5.74) is 8.99. The van der Waals surface area contributed by atoms with E-state index in [9.17, 15) is 4.21 Å². The van der Waals surface area contributed by atoms with Gasteiger partial charge in [0.05, 0.1) is 41.5 Å². The zero-order chi connectivity index (χ0) is 20.4. The molecular formula is C20H23N5O2S2. The van der Waals surface area contributed by atoms with Gasteiger partial charge in [0.15, 0.2) is 10.2 Å². The number of morpholine rings is 1. The van der Waals surface area contributed by atoms with E-state index in [1.165, 1.54) is 11.3 Å². The predicted octanol–water partition coefficient (Wildman–Crippen LogP) is 3.02. The fourth-order valence-electron chi connectivity index (χ4n) is 3.17. The number of rotatable bonds is 5. The van der Waals surface area contributed by atoms with Crippen LogP contribution in [0.2, 0.25) is 0 Å². The summed E-state index contributed by atoms with van der Waals surface area (Å²) in [6.07, 6.45) is 0. The predicted molar refractivity (Wildman–Crippen MR) is 116 cm³/mol. The van der Waals surface area contributed by atoms with Gasteiger partial charge in [-0.1, -0.05) is 0 Å². The van der Waals surface area contributed by atoms with E-state index in [0.717, 1.165) is 29.3 Å². The number of nitrogen functional groups attached to an aromatic ring is 1. The third-order valence-corrected chi connectivity index (χ3v) is 7.31. The summed E-state index contributed by atoms with van der Waals surface area (Å²) in [5, 5.41) is 1.91. The molecule has 0 amide bonds. The van der Waals surface area contributed by atoms with Crippen molar-refractivity contribution in [1.82, 2.24) is 15.0 Å². The number of nitrogens with two attached hydrogens (primary N) is 1. The molecule has 152 valence electrons. The third kappa shape index (κ3) is 4.63. The van der Waals surface area contributed by atoms with Gasteiger partial charge >= 0.3 is 0 Å². The van der Waals surface area contributed by atoms with Crippen LogP contribution < -0.4 is 10.6 Å². The molecule has 4 rings (SSSR count). The van der Waals surface area contributed by atoms with Crippen LogP contribution in [-0.4, -0.2) is 45.0 Å². The van der Waals surface area contributed by atoms with Crippen molar-refractivity contribution in [2.24, 2.45) is 0 Å². The van der Waals surface area contributed by atoms with Crippen molar-refractivity contribution < 1.29 is 8.95 Å². The molecule has 0 bridgehead atoms. The Morgan fingerprint density at radius 2 is 2.07 bits per heavy atom. The van der Waals surface area contributed by atoms with Crippen LogP contribution in [-0.2, 0) is 21.3 Å². The van der Waals surface area contributed by atoms with Crippen molar-refractivity contribution in [1.29, 1.82) is 0 Å². The van der Waals surface area contributed by atoms with Gasteiger partial charge in [-0.2, -0.15) is 0 Å². The maximum atomic E-state index is 12.8. The molecule has 3 heterocycles. The first-order valence-corrected chi connectivity index (χ1v) is 11.6. The van der Waals surface area contributed by atoms with Crippen LogP contribution in [0.4, 0.5) is 11.5 Å². The highest BCUT2D eigenvalue weighted by Crippen LogP contribution is 2.25. The molecule has 0 spiro atoms. The molecule has 1 unspecified atom stereocenters. The average molecular weight is 430 g/mol. The fraction of sp³-hybridized carbons (Fsp3) is 0.350. The van der Waals surface area contributed by atoms with Crippen LogP contribution in [0.15, 0.2) is 40.1 Å². The van der Waals surface area contributed by atoms with E-state index < -0.39 is 10.8 Å². The van der Waals surface area contributed by atoms with Crippen LogP contribution in [0.25, 0.3) is 11.4 Å². The molecule has 29 heavy (non-hydrogen) atoms. The molecule has 1 aliphatic heterocycles. The molecule has 0 radical (unpaired) electrons. The Bertz CT molecular complexity index is 1020. The monoisotopic (exact) mass is 429 g/mol. The number of benzene rings is 1. The number of aromatic nitrogens is 3. The van der Waals surface area contributed by atoms with Crippen molar-refractivity contribution in [3.8, 4) is 11.4 Å². The zero-order valence-corrected chi connectivity index (χ0v) is 18.0. The van der Waals surface area contributed by atoms with Crippen molar-refractivity contribution >= 4 is 33.6 Å². The van der Waals surface area contributed by atoms with Gasteiger partial charge in [-0.05, 0) is 38.1 Å². The van der Waals surface area contributed by atoms with E-state index >= 15 is 0 Å². The van der Waals surface area contributed by atoms with Gasteiger partial charge in [0, 0.05) is 34.9 Å². The lowest BCUT2D eigenvalue weighted by molar-refractivity contribution is 0.0985. The Labute approximate surface area is 176 Å². The highest BCUT2D eigenvalue weighted by atomic mass is 32.2. The Hall–Kier alpha value is -2.36. The molecule has 1 aliphatic rings. The molecule has 1 fully saturated rings. The molecule has 1 aromatic carbocycles. The van der Waals surface area contributed by atoms with Crippen LogP contribution in [0.1, 0.15) is 18.3 Å². The Kier molecular flexibility index (Phi) is 5.89. The maximum Gasteiger partial charge on any atom is 0.181 e. The molecule has 7 nitrogen and oxygen atoms in total. The molecule has 2 aromatic heterocycles. The molecule has 2 N–H and O–H groups in total. The lowest BCUT2D eigenvalue weighted by atomic mass is 10.2. The molecule has 9 heteroatoms. The highest BCUT2D eigenvalue weighted by Gasteiger charge is 2.22. The topological polar surface area (TPSA) is 94.2 Å². The van der Waals surface area contributed by atoms with E-state index in [1.807, 2.05) is 42.6 Å². The van der Waals surface area contributed by atoms with E-state index in [-0.39, 0.29) is 6.04 Å². The van der Waals surface area contributed by atoms with Crippen LogP contribution in [0.3, 0.4) is 0 Å². The van der Waals surface area contributed by atoms with Gasteiger partial charge < -0.3 is 15.4 Å². The Morgan fingerprint density at radius 3 is 2.76 bits per heavy atom. The smallest absolute Gasteiger partial charge is 0.181 e. The van der Waals surface area contributed by atoms with Crippen LogP contribution in [0, 0.1) is 6.92 Å². The number of hydrogen-bond acceptors (Lipinski definition) is 8. The second-order valence-electron chi connectivity index (χ2n) is 7.03. The van der Waals surface area contributed by atoms with Crippen molar-refractivity contribution in [3.63, 3.8) is 0 Å². The van der Waals surface area contributed by atoms with E-state index in [1.54, 1.807) is 0 Å². The summed E-state index contributed by atoms with van der Waals surface area (Å²) >= 11 is 1.42. The largest absolute Gasteiger partial charge is 0.399 e. The second-order valence-corrected chi connectivity index (χ2v) is 9.51. The fourth-order valence-corrected chi connectivity index (χ4v) is 5.22. The minimum atomic E-state index is -1.25. The first-order chi connectivity index (χ1) is 14.0. The second kappa shape index (κ2) is 8.56. The number of aryl methyl sites for hydroxylation is 1. The number of thiazole rings is 1. The summed E-state index contributed by atoms with van der Waals surface area (Å²) < 4.78 is 19.0. The van der Waals surface area contributed by atoms with Gasteiger partial charge in [-0.15, -0.1) is 11.3 Å². The van der Waals surface area contributed by atoms with E-state index in [4.69, 9.17) is 20.4 Å². The van der Waals surface area contributed by atoms with Crippen molar-refractivity contribution in [2.75, 3.05) is 30.4 Å². The molecule has 2 atom stereocenters. The Balaban J connectivity index is 1.71. The lowest BCUT2D eigenvalue weighted by Crippen LogP contribution is -2.44. The van der Waals surface area contributed by atoms with Gasteiger partial charge in [-0.3, -0.25) is 4.21 Å². The minimum Gasteiger partial charge on any atom is -0.399 e. The van der Waals surface area contributed by atoms with Gasteiger partial charge in [0.25, 0.3) is 0 Å². The number of anilines is 2. The van der Waals surface area contributed by atoms with Crippen LogP contribution in [0.5, 0.6) is 0 Å². The molecule has 1 saturated heterocycles. The minimum absolute atomic E-state index is 0.206. The van der Waals surface area contributed by atoms with Crippen molar-refractivity contribution in [3.05, 3.63) is 47.1 Å². The van der Waals surface area contributed by atoms with E-state index in [0.29, 0.717) is 34.8 Å². The standard InChI is InChI=1S/C20H23N5O2S2/c1-13-11-28-20(22-13)29(26)12-17-9-18(25-7-8-27-10-14(25)2)24-19(23-17)15-3-5-16(21)6-4-15/h3-6,9,11,14H,7-8,10,12,21H2,1-2H3/t14-,29?/m0/s1. The molecule has 3 aromatic rings. The summed E-state index contributed by atoms with van der Waals surface area (Å²) in [5.74, 6) is 1.72. The lowest BCUT2D eigenvalue weighted by Gasteiger charge is -2.34. The zero-order valence-electron chi connectivity index (χ0n) is 16.4. The SMILES string of the molecule is Cc1csc(S(=O)Cc2cc(N3CCOC[C@@H]3C)nc(-c3ccc(N)cc3)n2)n1. The summed E-state index contributed by atoms with van der Waals surface area (Å²) in [6.45, 7) is 6.08. The third-order valence-electron chi connectivity index (χ3n) is 4.67. The quantitative estimate of drug-likeness (QED) is 0.623. The molecule has 0 aliphatic carbocycles. The molecule has 0 saturated carbocycles. The summed E-state index contributed by atoms with van der Waals surface area (Å²) in [6, 6.07) is 9.61. The first-order valence-electron chi connectivity index (χ1n) is 9.38. The normalized spacial score (nSPS) is 18.0. The number of ether oxygens (including phenoxy) is 1.